The summed E-state index contributed by atoms with van der Waals surface area (Å²) in [7, 11) is 4.72. The first kappa shape index (κ1) is 15.7. The summed E-state index contributed by atoms with van der Waals surface area (Å²) in [4.78, 5) is 15.6. The van der Waals surface area contributed by atoms with Gasteiger partial charge in [0.1, 0.15) is 5.75 Å². The summed E-state index contributed by atoms with van der Waals surface area (Å²) in [6, 6.07) is 10.8. The van der Waals surface area contributed by atoms with Crippen molar-refractivity contribution in [3.05, 3.63) is 48.2 Å². The van der Waals surface area contributed by atoms with Gasteiger partial charge in [-0.3, -0.25) is 4.79 Å². The Morgan fingerprint density at radius 1 is 0.958 bits per heavy atom. The van der Waals surface area contributed by atoms with Crippen molar-refractivity contribution in [1.82, 2.24) is 4.98 Å². The van der Waals surface area contributed by atoms with Gasteiger partial charge in [-0.2, -0.15) is 0 Å². The molecule has 1 amide bonds. The van der Waals surface area contributed by atoms with E-state index in [1.807, 2.05) is 18.2 Å². The fourth-order valence-electron chi connectivity index (χ4n) is 2.53. The predicted octanol–water partition coefficient (Wildman–Crippen LogP) is 3.45. The van der Waals surface area contributed by atoms with Crippen LogP contribution in [0.2, 0.25) is 0 Å². The number of aromatic nitrogens is 1. The number of ether oxygens (including phenoxy) is 3. The first-order valence-corrected chi connectivity index (χ1v) is 7.34. The maximum Gasteiger partial charge on any atom is 0.257 e. The molecule has 0 aliphatic rings. The van der Waals surface area contributed by atoms with E-state index in [0.29, 0.717) is 22.7 Å². The molecule has 2 aromatic carbocycles. The second-order valence-electron chi connectivity index (χ2n) is 5.14. The lowest BCUT2D eigenvalue weighted by Crippen LogP contribution is -2.11. The molecule has 0 saturated carbocycles. The van der Waals surface area contributed by atoms with E-state index in [1.165, 1.54) is 0 Å². The fourth-order valence-corrected chi connectivity index (χ4v) is 2.53. The Bertz CT molecular complexity index is 886. The van der Waals surface area contributed by atoms with Crippen LogP contribution in [0.5, 0.6) is 17.2 Å². The minimum atomic E-state index is -0.210. The van der Waals surface area contributed by atoms with E-state index < -0.39 is 0 Å². The highest BCUT2D eigenvalue weighted by Gasteiger charge is 2.14. The van der Waals surface area contributed by atoms with Gasteiger partial charge in [0, 0.05) is 34.9 Å². The highest BCUT2D eigenvalue weighted by Crippen LogP contribution is 2.30. The molecule has 24 heavy (non-hydrogen) atoms. The van der Waals surface area contributed by atoms with E-state index in [9.17, 15) is 4.79 Å². The second-order valence-corrected chi connectivity index (χ2v) is 5.14. The van der Waals surface area contributed by atoms with Gasteiger partial charge in [-0.1, -0.05) is 0 Å². The van der Waals surface area contributed by atoms with Crippen LogP contribution < -0.4 is 19.5 Å². The number of rotatable bonds is 5. The Balaban J connectivity index is 1.87. The van der Waals surface area contributed by atoms with E-state index in [0.717, 1.165) is 16.7 Å². The van der Waals surface area contributed by atoms with Crippen molar-refractivity contribution in [3.8, 4) is 17.2 Å². The maximum absolute atomic E-state index is 12.6. The summed E-state index contributed by atoms with van der Waals surface area (Å²) >= 11 is 0. The Labute approximate surface area is 139 Å². The number of amides is 1. The Kier molecular flexibility index (Phi) is 4.29. The second kappa shape index (κ2) is 6.54. The molecule has 6 nitrogen and oxygen atoms in total. The van der Waals surface area contributed by atoms with Crippen LogP contribution in [-0.2, 0) is 0 Å². The van der Waals surface area contributed by atoms with Gasteiger partial charge in [-0.25, -0.2) is 0 Å². The number of fused-ring (bicyclic) bond motifs is 1. The number of carbonyl (C=O) groups is 1. The lowest BCUT2D eigenvalue weighted by Gasteiger charge is -2.10. The van der Waals surface area contributed by atoms with Crippen LogP contribution in [0.25, 0.3) is 10.9 Å². The lowest BCUT2D eigenvalue weighted by atomic mass is 10.1. The van der Waals surface area contributed by atoms with Gasteiger partial charge in [0.25, 0.3) is 5.91 Å². The molecule has 0 aliphatic heterocycles. The molecule has 0 fully saturated rings. The number of benzene rings is 2. The standard InChI is InChI=1S/C18H18N2O4/c1-22-12-5-6-13-14(10-19-15(13)9-12)18(21)20-11-4-7-16(23-2)17(8-11)24-3/h4-10,19H,1-3H3,(H,20,21). The maximum atomic E-state index is 12.6. The Morgan fingerprint density at radius 2 is 1.75 bits per heavy atom. The van der Waals surface area contributed by atoms with Gasteiger partial charge < -0.3 is 24.5 Å². The fraction of sp³-hybridized carbons (Fsp3) is 0.167. The molecule has 0 bridgehead atoms. The van der Waals surface area contributed by atoms with Crippen LogP contribution in [0.15, 0.2) is 42.6 Å². The van der Waals surface area contributed by atoms with Crippen molar-refractivity contribution in [2.45, 2.75) is 0 Å². The first-order valence-electron chi connectivity index (χ1n) is 7.34. The molecule has 0 spiro atoms. The molecule has 0 radical (unpaired) electrons. The average molecular weight is 326 g/mol. The minimum absolute atomic E-state index is 0.210. The highest BCUT2D eigenvalue weighted by molar-refractivity contribution is 6.13. The van der Waals surface area contributed by atoms with E-state index >= 15 is 0 Å². The molecule has 1 aromatic heterocycles. The van der Waals surface area contributed by atoms with Gasteiger partial charge in [0.15, 0.2) is 11.5 Å². The quantitative estimate of drug-likeness (QED) is 0.753. The molecule has 6 heteroatoms. The Hall–Kier alpha value is -3.15. The summed E-state index contributed by atoms with van der Waals surface area (Å²) in [5, 5.41) is 3.69. The molecule has 0 aliphatic carbocycles. The zero-order chi connectivity index (χ0) is 17.1. The molecule has 124 valence electrons. The van der Waals surface area contributed by atoms with Crippen molar-refractivity contribution in [2.24, 2.45) is 0 Å². The summed E-state index contributed by atoms with van der Waals surface area (Å²) in [6.07, 6.45) is 1.68. The van der Waals surface area contributed by atoms with Gasteiger partial charge in [0.2, 0.25) is 0 Å². The Morgan fingerprint density at radius 3 is 2.46 bits per heavy atom. The SMILES string of the molecule is COc1ccc2c(C(=O)Nc3ccc(OC)c(OC)c3)c[nH]c2c1. The van der Waals surface area contributed by atoms with Crippen LogP contribution in [0.3, 0.4) is 0 Å². The van der Waals surface area contributed by atoms with E-state index in [2.05, 4.69) is 10.3 Å². The predicted molar refractivity (Wildman–Crippen MR) is 92.3 cm³/mol. The smallest absolute Gasteiger partial charge is 0.257 e. The average Bonchev–Trinajstić information content (AvgIpc) is 3.04. The molecule has 0 atom stereocenters. The normalized spacial score (nSPS) is 10.5. The molecule has 3 aromatic rings. The van der Waals surface area contributed by atoms with E-state index in [4.69, 9.17) is 14.2 Å². The summed E-state index contributed by atoms with van der Waals surface area (Å²) in [5.74, 6) is 1.68. The van der Waals surface area contributed by atoms with Gasteiger partial charge in [-0.05, 0) is 24.3 Å². The number of methoxy groups -OCH3 is 3. The van der Waals surface area contributed by atoms with E-state index in [1.54, 1.807) is 45.7 Å². The summed E-state index contributed by atoms with van der Waals surface area (Å²) in [5.41, 5.74) is 2.02. The number of carbonyl (C=O) groups excluding carboxylic acids is 1. The summed E-state index contributed by atoms with van der Waals surface area (Å²) < 4.78 is 15.6. The third-order valence-corrected chi connectivity index (χ3v) is 3.77. The number of H-pyrrole nitrogens is 1. The van der Waals surface area contributed by atoms with Crippen LogP contribution in [0.4, 0.5) is 5.69 Å². The topological polar surface area (TPSA) is 72.6 Å². The molecule has 2 N–H and O–H groups in total. The van der Waals surface area contributed by atoms with Crippen LogP contribution in [0.1, 0.15) is 10.4 Å². The highest BCUT2D eigenvalue weighted by atomic mass is 16.5. The first-order chi connectivity index (χ1) is 11.7. The minimum Gasteiger partial charge on any atom is -0.497 e. The molecular formula is C18H18N2O4. The third kappa shape index (κ3) is 2.86. The third-order valence-electron chi connectivity index (χ3n) is 3.77. The summed E-state index contributed by atoms with van der Waals surface area (Å²) in [6.45, 7) is 0. The molecular weight excluding hydrogens is 308 g/mol. The number of aromatic amines is 1. The lowest BCUT2D eigenvalue weighted by molar-refractivity contribution is 0.102. The zero-order valence-electron chi connectivity index (χ0n) is 13.7. The number of nitrogens with one attached hydrogen (secondary N) is 2. The van der Waals surface area contributed by atoms with Crippen molar-refractivity contribution >= 4 is 22.5 Å². The largest absolute Gasteiger partial charge is 0.497 e. The van der Waals surface area contributed by atoms with Crippen molar-refractivity contribution in [3.63, 3.8) is 0 Å². The number of hydrogen-bond donors (Lipinski definition) is 2. The van der Waals surface area contributed by atoms with Gasteiger partial charge in [-0.15, -0.1) is 0 Å². The molecule has 1 heterocycles. The number of anilines is 1. The van der Waals surface area contributed by atoms with Gasteiger partial charge >= 0.3 is 0 Å². The van der Waals surface area contributed by atoms with Crippen molar-refractivity contribution in [2.75, 3.05) is 26.6 Å². The molecule has 0 unspecified atom stereocenters. The molecule has 3 rings (SSSR count). The van der Waals surface area contributed by atoms with Crippen LogP contribution in [-0.4, -0.2) is 32.2 Å². The van der Waals surface area contributed by atoms with Crippen LogP contribution >= 0.6 is 0 Å². The van der Waals surface area contributed by atoms with E-state index in [-0.39, 0.29) is 5.91 Å². The molecule has 0 saturated heterocycles. The number of hydrogen-bond acceptors (Lipinski definition) is 4. The monoisotopic (exact) mass is 326 g/mol. The van der Waals surface area contributed by atoms with Crippen molar-refractivity contribution in [1.29, 1.82) is 0 Å². The van der Waals surface area contributed by atoms with Crippen LogP contribution in [0, 0.1) is 0 Å². The van der Waals surface area contributed by atoms with Crippen molar-refractivity contribution < 1.29 is 19.0 Å². The zero-order valence-corrected chi connectivity index (χ0v) is 13.7. The van der Waals surface area contributed by atoms with Gasteiger partial charge in [0.05, 0.1) is 26.9 Å².